The van der Waals surface area contributed by atoms with Crippen molar-refractivity contribution in [3.05, 3.63) is 18.8 Å². The molecule has 1 heterocycles. The van der Waals surface area contributed by atoms with Crippen LogP contribution in [0.4, 0.5) is 0 Å². The number of aliphatic hydroxyl groups is 3. The predicted molar refractivity (Wildman–Crippen MR) is 124 cm³/mol. The summed E-state index contributed by atoms with van der Waals surface area (Å²) in [5.74, 6) is -0.432. The number of carbonyl (C=O) groups excluding carboxylic acids is 1. The van der Waals surface area contributed by atoms with E-state index >= 15 is 0 Å². The molecule has 0 spiro atoms. The average Bonchev–Trinajstić information content (AvgIpc) is 2.69. The number of aliphatic hydroxyl groups excluding tert-OH is 3. The molecule has 4 unspecified atom stereocenters. The van der Waals surface area contributed by atoms with Crippen molar-refractivity contribution in [1.29, 1.82) is 5.41 Å². The molecule has 1 aliphatic rings. The molecule has 190 valence electrons. The fraction of sp³-hybridized carbons (Fsp3) is 0.773. The Bertz CT molecular complexity index is 634. The minimum Gasteiger partial charge on any atom is -0.445 e. The minimum absolute atomic E-state index is 0. The van der Waals surface area contributed by atoms with Crippen LogP contribution >= 0.6 is 11.8 Å². The Morgan fingerprint density at radius 3 is 2.64 bits per heavy atom. The van der Waals surface area contributed by atoms with Gasteiger partial charge in [-0.1, -0.05) is 25.6 Å². The number of thioether (sulfide) groups is 1. The molecule has 5 N–H and O–H groups in total. The van der Waals surface area contributed by atoms with Gasteiger partial charge in [-0.25, -0.2) is 12.2 Å². The summed E-state index contributed by atoms with van der Waals surface area (Å²) >= 11 is 1.03. The summed E-state index contributed by atoms with van der Waals surface area (Å²) in [5.41, 5.74) is -0.261. The monoisotopic (exact) mass is 713 g/mol. The fourth-order valence-corrected chi connectivity index (χ4v) is 3.91. The van der Waals surface area contributed by atoms with E-state index in [0.29, 0.717) is 18.9 Å². The largest absolute Gasteiger partial charge is 0.445 e. The van der Waals surface area contributed by atoms with E-state index in [0.717, 1.165) is 11.8 Å². The Kier molecular flexibility index (Phi) is 16.0. The molecule has 0 radical (unpaired) electrons. The fourth-order valence-electron chi connectivity index (χ4n) is 3.07. The van der Waals surface area contributed by atoms with Crippen LogP contribution in [-0.2, 0) is 19.0 Å². The molecule has 11 heteroatoms. The molecule has 1 aliphatic heterocycles. The van der Waals surface area contributed by atoms with Gasteiger partial charge < -0.3 is 34.9 Å². The van der Waals surface area contributed by atoms with E-state index in [1.54, 1.807) is 13.8 Å². The summed E-state index contributed by atoms with van der Waals surface area (Å²) in [4.78, 5) is 11.9. The maximum absolute atomic E-state index is 11.9. The Morgan fingerprint density at radius 1 is 1.33 bits per heavy atom. The van der Waals surface area contributed by atoms with Gasteiger partial charge in [-0.3, -0.25) is 10.1 Å². The first-order valence-corrected chi connectivity index (χ1v) is 11.7. The summed E-state index contributed by atoms with van der Waals surface area (Å²) < 4.78 is 16.2. The van der Waals surface area contributed by atoms with Gasteiger partial charge in [-0.15, -0.1) is 6.61 Å². The zero-order valence-electron chi connectivity index (χ0n) is 20.2. The van der Waals surface area contributed by atoms with Crippen LogP contribution in [0.2, 0.25) is 0 Å². The molecule has 0 aromatic rings. The van der Waals surface area contributed by atoms with Gasteiger partial charge >= 0.3 is 0 Å². The summed E-state index contributed by atoms with van der Waals surface area (Å²) in [6.45, 7) is 9.65. The maximum atomic E-state index is 11.9. The molecular weight excluding hydrogens is 674 g/mol. The quantitative estimate of drug-likeness (QED) is 0.103. The second-order valence-corrected chi connectivity index (χ2v) is 10.1. The standard InChI is InChI=1S/C22H39N2O7S.U/c1-21(2)14-30-22(3,4)31-19(21)20(28)24-10-8-17(26)16(23)9-12-32-18(27)13-15(25)7-6-11-29-5;/h6-7,11,15,17,19-20,23-26,28H,8-10,12-14H2,1-5H3;/q-1;/b7-6+,23-16?;. The summed E-state index contributed by atoms with van der Waals surface area (Å²) in [5, 5.41) is 41.2. The number of hydrogen-bond acceptors (Lipinski definition) is 10. The smallest absolute Gasteiger partial charge is 0.190 e. The van der Waals surface area contributed by atoms with Crippen molar-refractivity contribution < 1.29 is 65.4 Å². The Balaban J connectivity index is 0.0000102. The van der Waals surface area contributed by atoms with Crippen molar-refractivity contribution in [1.82, 2.24) is 5.32 Å². The number of carbonyl (C=O) groups is 1. The van der Waals surface area contributed by atoms with Gasteiger partial charge in [0, 0.05) is 74.2 Å². The molecule has 9 nitrogen and oxygen atoms in total. The molecule has 4 atom stereocenters. The molecule has 1 fully saturated rings. The summed E-state index contributed by atoms with van der Waals surface area (Å²) in [6, 6.07) is 0. The van der Waals surface area contributed by atoms with Gasteiger partial charge in [0.25, 0.3) is 0 Å². The zero-order chi connectivity index (χ0) is 24.4. The van der Waals surface area contributed by atoms with Crippen molar-refractivity contribution in [3.63, 3.8) is 0 Å². The van der Waals surface area contributed by atoms with Crippen LogP contribution in [0.3, 0.4) is 0 Å². The molecule has 0 bridgehead atoms. The second-order valence-electron chi connectivity index (χ2n) is 8.94. The van der Waals surface area contributed by atoms with Crippen LogP contribution in [0.1, 0.15) is 47.0 Å². The topological polar surface area (TPSA) is 141 Å². The number of methoxy groups -OCH3 is 1. The second kappa shape index (κ2) is 15.9. The maximum Gasteiger partial charge on any atom is 0.190 e. The number of nitrogens with one attached hydrogen (secondary N) is 2. The van der Waals surface area contributed by atoms with E-state index in [2.05, 4.69) is 5.32 Å². The van der Waals surface area contributed by atoms with E-state index in [9.17, 15) is 20.1 Å². The third kappa shape index (κ3) is 13.1. The summed E-state index contributed by atoms with van der Waals surface area (Å²) in [7, 11) is 1.49. The van der Waals surface area contributed by atoms with E-state index in [-0.39, 0.29) is 66.6 Å². The Morgan fingerprint density at radius 2 is 2.00 bits per heavy atom. The van der Waals surface area contributed by atoms with Crippen molar-refractivity contribution in [3.8, 4) is 0 Å². The van der Waals surface area contributed by atoms with Gasteiger partial charge in [0.1, 0.15) is 12.3 Å². The van der Waals surface area contributed by atoms with Gasteiger partial charge in [-0.2, -0.15) is 0 Å². The summed E-state index contributed by atoms with van der Waals surface area (Å²) in [6.07, 6.45) is 0.181. The van der Waals surface area contributed by atoms with Crippen molar-refractivity contribution in [2.75, 3.05) is 26.0 Å². The first-order valence-electron chi connectivity index (χ1n) is 10.7. The molecule has 1 rings (SSSR count). The predicted octanol–water partition coefficient (Wildman–Crippen LogP) is 1.61. The van der Waals surface area contributed by atoms with E-state index < -0.39 is 30.3 Å². The molecule has 0 aliphatic carbocycles. The van der Waals surface area contributed by atoms with E-state index in [1.807, 2.05) is 13.8 Å². The Hall–Kier alpha value is 0.0719. The van der Waals surface area contributed by atoms with E-state index in [1.165, 1.54) is 25.9 Å². The first kappa shape index (κ1) is 33.1. The van der Waals surface area contributed by atoms with Gasteiger partial charge in [0.05, 0.1) is 12.7 Å². The normalized spacial score (nSPS) is 22.2. The molecule has 0 aromatic carbocycles. The molecule has 0 saturated carbocycles. The van der Waals surface area contributed by atoms with Crippen LogP contribution in [0.5, 0.6) is 0 Å². The number of ether oxygens (including phenoxy) is 3. The van der Waals surface area contributed by atoms with Crippen LogP contribution in [0, 0.1) is 48.5 Å². The number of hydrogen-bond donors (Lipinski definition) is 5. The van der Waals surface area contributed by atoms with Crippen LogP contribution in [-0.4, -0.2) is 82.5 Å². The average molecular weight is 714 g/mol. The third-order valence-corrected chi connectivity index (χ3v) is 5.89. The van der Waals surface area contributed by atoms with Crippen LogP contribution < -0.4 is 5.32 Å². The molecule has 33 heavy (non-hydrogen) atoms. The van der Waals surface area contributed by atoms with Gasteiger partial charge in [0.15, 0.2) is 10.9 Å². The zero-order valence-corrected chi connectivity index (χ0v) is 25.1. The molecule has 1 saturated heterocycles. The van der Waals surface area contributed by atoms with Crippen molar-refractivity contribution >= 4 is 22.6 Å². The molecular formula is C22H39N2O7SU-. The van der Waals surface area contributed by atoms with Gasteiger partial charge in [0.2, 0.25) is 0 Å². The van der Waals surface area contributed by atoms with Crippen LogP contribution in [0.25, 0.3) is 0 Å². The first-order chi connectivity index (χ1) is 14.9. The van der Waals surface area contributed by atoms with Gasteiger partial charge in [-0.05, 0) is 26.7 Å². The SMILES string of the molecule is CO[CH-]/C=C/C(O)CC(=O)SCCC(=N)C(O)CCNC(O)C1OC(C)(C)OCC1(C)C.[U]. The molecule has 0 aromatic heterocycles. The Labute approximate surface area is 225 Å². The number of rotatable bonds is 14. The van der Waals surface area contributed by atoms with Crippen LogP contribution in [0.15, 0.2) is 12.2 Å². The molecule has 0 amide bonds. The van der Waals surface area contributed by atoms with Crippen molar-refractivity contribution in [2.24, 2.45) is 5.41 Å². The minimum atomic E-state index is -0.969. The van der Waals surface area contributed by atoms with E-state index in [4.69, 9.17) is 19.6 Å². The van der Waals surface area contributed by atoms with Crippen molar-refractivity contribution in [2.45, 2.75) is 77.3 Å². The third-order valence-electron chi connectivity index (χ3n) is 4.99.